The van der Waals surface area contributed by atoms with Gasteiger partial charge < -0.3 is 15.0 Å². The molecule has 2 aromatic carbocycles. The van der Waals surface area contributed by atoms with Crippen LogP contribution in [-0.4, -0.2) is 29.6 Å². The highest BCUT2D eigenvalue weighted by atomic mass is 35.5. The molecule has 3 rings (SSSR count). The van der Waals surface area contributed by atoms with Crippen molar-refractivity contribution in [3.8, 4) is 0 Å². The summed E-state index contributed by atoms with van der Waals surface area (Å²) in [6.07, 6.45) is 1.96. The summed E-state index contributed by atoms with van der Waals surface area (Å²) in [7, 11) is 1.39. The van der Waals surface area contributed by atoms with Crippen LogP contribution in [0.5, 0.6) is 0 Å². The van der Waals surface area contributed by atoms with Crippen molar-refractivity contribution in [3.63, 3.8) is 0 Å². The summed E-state index contributed by atoms with van der Waals surface area (Å²) < 4.78 is 5.25. The van der Waals surface area contributed by atoms with Crippen molar-refractivity contribution in [2.45, 2.75) is 31.3 Å². The highest BCUT2D eigenvalue weighted by Gasteiger charge is 2.57. The Balaban J connectivity index is 2.21. The lowest BCUT2D eigenvalue weighted by Gasteiger charge is -2.35. The Kier molecular flexibility index (Phi) is 6.48. The molecule has 148 valence electrons. The summed E-state index contributed by atoms with van der Waals surface area (Å²) in [6.45, 7) is 2.85. The van der Waals surface area contributed by atoms with E-state index in [1.807, 2.05) is 36.4 Å². The number of hydrogen-bond donors (Lipinski definition) is 1. The topological polar surface area (TPSA) is 41.6 Å². The molecule has 1 aliphatic heterocycles. The van der Waals surface area contributed by atoms with E-state index < -0.39 is 11.5 Å². The van der Waals surface area contributed by atoms with Gasteiger partial charge in [-0.1, -0.05) is 60.8 Å². The first kappa shape index (κ1) is 20.9. The van der Waals surface area contributed by atoms with Crippen LogP contribution in [0.4, 0.5) is 0 Å². The molecule has 4 nitrogen and oxygen atoms in total. The molecular weight excluding hydrogens is 415 g/mol. The Hall–Kier alpha value is -1.82. The van der Waals surface area contributed by atoms with E-state index in [1.165, 1.54) is 7.11 Å². The van der Waals surface area contributed by atoms with Gasteiger partial charge in [-0.2, -0.15) is 0 Å². The first-order chi connectivity index (χ1) is 13.4. The number of rotatable bonds is 6. The average Bonchev–Trinajstić information content (AvgIpc) is 3.00. The maximum Gasteiger partial charge on any atom is 0.338 e. The fraction of sp³-hybridized carbons (Fsp3) is 0.333. The molecule has 0 aromatic heterocycles. The van der Waals surface area contributed by atoms with Crippen LogP contribution in [0.15, 0.2) is 48.5 Å². The summed E-state index contributed by atoms with van der Waals surface area (Å²) in [5.74, 6) is -0.406. The van der Waals surface area contributed by atoms with Crippen molar-refractivity contribution in [2.75, 3.05) is 13.7 Å². The minimum absolute atomic E-state index is 0.377. The van der Waals surface area contributed by atoms with Crippen LogP contribution in [0, 0.1) is 0 Å². The van der Waals surface area contributed by atoms with Crippen LogP contribution in [0.1, 0.15) is 36.9 Å². The molecule has 0 amide bonds. The third-order valence-corrected chi connectivity index (χ3v) is 5.87. The molecule has 0 saturated carbocycles. The number of ether oxygens (including phenoxy) is 1. The molecule has 1 N–H and O–H groups in total. The molecule has 1 saturated heterocycles. The second-order valence-electron chi connectivity index (χ2n) is 6.74. The van der Waals surface area contributed by atoms with Crippen molar-refractivity contribution in [2.24, 2.45) is 0 Å². The van der Waals surface area contributed by atoms with Crippen molar-refractivity contribution in [1.82, 2.24) is 10.2 Å². The zero-order valence-corrected chi connectivity index (χ0v) is 18.1. The van der Waals surface area contributed by atoms with Crippen molar-refractivity contribution in [3.05, 3.63) is 69.7 Å². The van der Waals surface area contributed by atoms with Gasteiger partial charge in [-0.05, 0) is 54.0 Å². The Morgan fingerprint density at radius 2 is 1.71 bits per heavy atom. The lowest BCUT2D eigenvalue weighted by atomic mass is 9.80. The number of thiocarbonyl (C=S) groups is 1. The number of hydrogen-bond acceptors (Lipinski definition) is 3. The summed E-state index contributed by atoms with van der Waals surface area (Å²) in [6, 6.07) is 14.3. The first-order valence-electron chi connectivity index (χ1n) is 9.12. The van der Waals surface area contributed by atoms with Gasteiger partial charge in [-0.15, -0.1) is 0 Å². The second-order valence-corrected chi connectivity index (χ2v) is 8.00. The largest absolute Gasteiger partial charge is 0.467 e. The summed E-state index contributed by atoms with van der Waals surface area (Å²) >= 11 is 17.8. The maximum atomic E-state index is 13.2. The molecule has 0 radical (unpaired) electrons. The van der Waals surface area contributed by atoms with Gasteiger partial charge in [0, 0.05) is 16.6 Å². The van der Waals surface area contributed by atoms with Gasteiger partial charge in [0.25, 0.3) is 0 Å². The molecular formula is C21H22Cl2N2O2S. The van der Waals surface area contributed by atoms with E-state index in [0.29, 0.717) is 15.2 Å². The highest BCUT2D eigenvalue weighted by molar-refractivity contribution is 7.80. The quantitative estimate of drug-likeness (QED) is 0.504. The summed E-state index contributed by atoms with van der Waals surface area (Å²) in [4.78, 5) is 15.3. The first-order valence-corrected chi connectivity index (χ1v) is 10.3. The van der Waals surface area contributed by atoms with Crippen LogP contribution in [0.2, 0.25) is 10.0 Å². The Morgan fingerprint density at radius 1 is 1.14 bits per heavy atom. The van der Waals surface area contributed by atoms with Gasteiger partial charge in [0.15, 0.2) is 10.7 Å². The van der Waals surface area contributed by atoms with Crippen LogP contribution < -0.4 is 5.32 Å². The fourth-order valence-electron chi connectivity index (χ4n) is 3.68. The maximum absolute atomic E-state index is 13.2. The highest BCUT2D eigenvalue weighted by Crippen LogP contribution is 2.45. The lowest BCUT2D eigenvalue weighted by molar-refractivity contribution is -0.150. The van der Waals surface area contributed by atoms with Crippen molar-refractivity contribution < 1.29 is 9.53 Å². The number of methoxy groups -OCH3 is 1. The summed E-state index contributed by atoms with van der Waals surface area (Å²) in [5.41, 5.74) is 0.483. The number of unbranched alkanes of at least 4 members (excludes halogenated alkanes) is 1. The number of benzene rings is 2. The number of carbonyl (C=O) groups is 1. The van der Waals surface area contributed by atoms with Gasteiger partial charge in [-0.25, -0.2) is 4.79 Å². The van der Waals surface area contributed by atoms with Crippen LogP contribution in [-0.2, 0) is 15.1 Å². The molecule has 0 bridgehead atoms. The number of esters is 1. The molecule has 1 fully saturated rings. The van der Waals surface area contributed by atoms with E-state index in [-0.39, 0.29) is 6.04 Å². The molecule has 28 heavy (non-hydrogen) atoms. The normalized spacial score (nSPS) is 21.5. The van der Waals surface area contributed by atoms with Gasteiger partial charge in [0.1, 0.15) is 0 Å². The van der Waals surface area contributed by atoms with E-state index in [2.05, 4.69) is 17.1 Å². The third-order valence-electron chi connectivity index (χ3n) is 5.03. The van der Waals surface area contributed by atoms with Crippen LogP contribution in [0.25, 0.3) is 0 Å². The Bertz CT molecular complexity index is 858. The van der Waals surface area contributed by atoms with E-state index in [0.717, 1.165) is 30.5 Å². The minimum Gasteiger partial charge on any atom is -0.467 e. The van der Waals surface area contributed by atoms with Gasteiger partial charge >= 0.3 is 5.97 Å². The van der Waals surface area contributed by atoms with E-state index in [1.54, 1.807) is 12.1 Å². The molecule has 0 spiro atoms. The van der Waals surface area contributed by atoms with Crippen LogP contribution >= 0.6 is 35.4 Å². The molecule has 1 heterocycles. The second kappa shape index (κ2) is 8.68. The van der Waals surface area contributed by atoms with E-state index in [4.69, 9.17) is 40.2 Å². The van der Waals surface area contributed by atoms with Crippen molar-refractivity contribution >= 4 is 46.5 Å². The van der Waals surface area contributed by atoms with Crippen LogP contribution in [0.3, 0.4) is 0 Å². The Morgan fingerprint density at radius 3 is 2.25 bits per heavy atom. The third kappa shape index (κ3) is 3.71. The van der Waals surface area contributed by atoms with Gasteiger partial charge in [0.2, 0.25) is 0 Å². The minimum atomic E-state index is -1.18. The van der Waals surface area contributed by atoms with Crippen molar-refractivity contribution in [1.29, 1.82) is 0 Å². The molecule has 0 unspecified atom stereocenters. The van der Waals surface area contributed by atoms with Gasteiger partial charge in [0.05, 0.1) is 13.2 Å². The molecule has 2 atom stereocenters. The molecule has 2 aromatic rings. The molecule has 1 aliphatic rings. The van der Waals surface area contributed by atoms with E-state index >= 15 is 0 Å². The number of nitrogens with one attached hydrogen (secondary N) is 1. The zero-order chi connectivity index (χ0) is 20.3. The fourth-order valence-corrected chi connectivity index (χ4v) is 4.29. The number of carbonyl (C=O) groups excluding carboxylic acids is 1. The molecule has 0 aliphatic carbocycles. The predicted molar refractivity (Wildman–Crippen MR) is 117 cm³/mol. The smallest absolute Gasteiger partial charge is 0.338 e. The van der Waals surface area contributed by atoms with E-state index in [9.17, 15) is 4.79 Å². The summed E-state index contributed by atoms with van der Waals surface area (Å²) in [5, 5.41) is 5.03. The number of halogens is 2. The lowest BCUT2D eigenvalue weighted by Crippen LogP contribution is -2.50. The monoisotopic (exact) mass is 436 g/mol. The SMILES string of the molecule is CCCCN1C(=S)N[C@@](C(=O)OC)(c2ccc(Cl)cc2)[C@H]1c1ccc(Cl)cc1. The predicted octanol–water partition coefficient (Wildman–Crippen LogP) is 5.09. The van der Waals surface area contributed by atoms with Gasteiger partial charge in [-0.3, -0.25) is 0 Å². The number of nitrogens with zero attached hydrogens (tertiary/aromatic N) is 1. The average molecular weight is 437 g/mol. The molecule has 7 heteroatoms. The standard InChI is InChI=1S/C21H22Cl2N2O2S/c1-3-4-13-25-18(14-5-9-16(22)10-6-14)21(19(26)27-2,24-20(25)28)15-7-11-17(23)12-8-15/h5-12,18H,3-4,13H2,1-2H3,(H,24,28)/t18-,21+/m1/s1. The Labute approximate surface area is 180 Å². The zero-order valence-electron chi connectivity index (χ0n) is 15.7.